The minimum Gasteiger partial charge on any atom is -0.351 e. The lowest BCUT2D eigenvalue weighted by Crippen LogP contribution is -2.44. The minimum atomic E-state index is -2.70. The lowest BCUT2D eigenvalue weighted by molar-refractivity contribution is 0.146. The Bertz CT molecular complexity index is 1300. The van der Waals surface area contributed by atoms with Gasteiger partial charge in [-0.05, 0) is 55.0 Å². The summed E-state index contributed by atoms with van der Waals surface area (Å²) in [6.07, 6.45) is -0.260. The molecule has 2 fully saturated rings. The zero-order chi connectivity index (χ0) is 21.8. The zero-order valence-electron chi connectivity index (χ0n) is 16.9. The molecule has 2 bridgehead atoms. The maximum Gasteiger partial charge on any atom is 0.280 e. The highest BCUT2D eigenvalue weighted by molar-refractivity contribution is 5.81. The third-order valence-corrected chi connectivity index (χ3v) is 6.19. The number of benzene rings is 1. The summed E-state index contributed by atoms with van der Waals surface area (Å²) < 4.78 is 42.0. The molecule has 1 N–H and O–H groups in total. The number of nitrogens with one attached hydrogen (secondary N) is 1. The molecule has 0 aliphatic carbocycles. The monoisotopic (exact) mass is 436 g/mol. The molecule has 2 saturated heterocycles. The van der Waals surface area contributed by atoms with E-state index < -0.39 is 6.43 Å². The lowest BCUT2D eigenvalue weighted by atomic mass is 10.2. The summed E-state index contributed by atoms with van der Waals surface area (Å²) >= 11 is 0. The molecular formula is C23H19F3N6. The van der Waals surface area contributed by atoms with Gasteiger partial charge in [-0.1, -0.05) is 0 Å². The highest BCUT2D eigenvalue weighted by Gasteiger charge is 2.38. The number of alkyl halides is 2. The number of rotatable bonds is 4. The lowest BCUT2D eigenvalue weighted by Gasteiger charge is -2.28. The van der Waals surface area contributed by atoms with Crippen molar-refractivity contribution in [1.82, 2.24) is 24.8 Å². The van der Waals surface area contributed by atoms with Crippen molar-refractivity contribution in [2.24, 2.45) is 0 Å². The normalized spacial score (nSPS) is 20.1. The second-order valence-electron chi connectivity index (χ2n) is 8.18. The van der Waals surface area contributed by atoms with Crippen LogP contribution in [0.5, 0.6) is 0 Å². The van der Waals surface area contributed by atoms with Crippen molar-refractivity contribution in [2.75, 3.05) is 18.0 Å². The van der Waals surface area contributed by atoms with E-state index in [1.54, 1.807) is 22.8 Å². The standard InChI is InChI=1S/C23H19F3N6/c24-14-3-1-13(2-4-14)22-29-18-5-6-20(31-12-15-9-17(31)11-28-15)30-23(18)32(22)16-7-8-27-19(10-16)21(25)26/h1-8,10,15,17,21,28H,9,11-12H2. The van der Waals surface area contributed by atoms with E-state index in [1.807, 2.05) is 12.1 Å². The number of hydrogen-bond acceptors (Lipinski definition) is 5. The molecule has 2 aliphatic rings. The fraction of sp³-hybridized carbons (Fsp3) is 0.261. The molecule has 6 rings (SSSR count). The van der Waals surface area contributed by atoms with Crippen LogP contribution in [-0.4, -0.2) is 44.7 Å². The molecular weight excluding hydrogens is 417 g/mol. The van der Waals surface area contributed by atoms with Crippen LogP contribution in [0.3, 0.4) is 0 Å². The van der Waals surface area contributed by atoms with Crippen LogP contribution in [0, 0.1) is 5.82 Å². The van der Waals surface area contributed by atoms with Gasteiger partial charge in [-0.25, -0.2) is 23.1 Å². The molecule has 9 heteroatoms. The Morgan fingerprint density at radius 1 is 1.03 bits per heavy atom. The largest absolute Gasteiger partial charge is 0.351 e. The summed E-state index contributed by atoms with van der Waals surface area (Å²) in [5, 5.41) is 3.48. The van der Waals surface area contributed by atoms with Crippen molar-refractivity contribution < 1.29 is 13.2 Å². The van der Waals surface area contributed by atoms with E-state index in [0.29, 0.717) is 40.3 Å². The van der Waals surface area contributed by atoms with Crippen LogP contribution in [0.25, 0.3) is 28.2 Å². The summed E-state index contributed by atoms with van der Waals surface area (Å²) in [6.45, 7) is 1.81. The molecule has 32 heavy (non-hydrogen) atoms. The Morgan fingerprint density at radius 2 is 1.88 bits per heavy atom. The predicted octanol–water partition coefficient (Wildman–Crippen LogP) is 4.11. The van der Waals surface area contributed by atoms with Gasteiger partial charge in [-0.15, -0.1) is 0 Å². The average molecular weight is 436 g/mol. The number of halogens is 3. The first-order valence-electron chi connectivity index (χ1n) is 10.5. The van der Waals surface area contributed by atoms with Crippen molar-refractivity contribution in [1.29, 1.82) is 0 Å². The minimum absolute atomic E-state index is 0.325. The first-order chi connectivity index (χ1) is 15.6. The average Bonchev–Trinajstić information content (AvgIpc) is 3.53. The molecule has 0 amide bonds. The van der Waals surface area contributed by atoms with E-state index in [-0.39, 0.29) is 11.5 Å². The van der Waals surface area contributed by atoms with Gasteiger partial charge >= 0.3 is 0 Å². The van der Waals surface area contributed by atoms with Gasteiger partial charge in [0.05, 0.1) is 5.69 Å². The van der Waals surface area contributed by atoms with Crippen LogP contribution in [-0.2, 0) is 0 Å². The topological polar surface area (TPSA) is 58.9 Å². The molecule has 4 aromatic rings. The molecule has 2 aliphatic heterocycles. The van der Waals surface area contributed by atoms with Gasteiger partial charge in [0.15, 0.2) is 5.65 Å². The Hall–Kier alpha value is -3.46. The van der Waals surface area contributed by atoms with E-state index >= 15 is 0 Å². The van der Waals surface area contributed by atoms with Gasteiger partial charge < -0.3 is 10.2 Å². The number of nitrogens with zero attached hydrogens (tertiary/aromatic N) is 5. The molecule has 0 spiro atoms. The molecule has 0 radical (unpaired) electrons. The van der Waals surface area contributed by atoms with Gasteiger partial charge in [-0.3, -0.25) is 9.55 Å². The molecule has 1 aromatic carbocycles. The number of hydrogen-bond donors (Lipinski definition) is 1. The van der Waals surface area contributed by atoms with Gasteiger partial charge in [0.25, 0.3) is 6.43 Å². The molecule has 2 unspecified atom stereocenters. The summed E-state index contributed by atoms with van der Waals surface area (Å²) in [6, 6.07) is 13.6. The molecule has 3 aromatic heterocycles. The van der Waals surface area contributed by atoms with Crippen molar-refractivity contribution in [3.05, 3.63) is 66.2 Å². The maximum absolute atomic E-state index is 13.5. The number of piperazine rings is 1. The number of aromatic nitrogens is 4. The van der Waals surface area contributed by atoms with Crippen LogP contribution in [0.4, 0.5) is 19.0 Å². The second kappa shape index (κ2) is 7.30. The number of pyridine rings is 2. The van der Waals surface area contributed by atoms with Crippen molar-refractivity contribution in [2.45, 2.75) is 24.9 Å². The molecule has 162 valence electrons. The second-order valence-corrected chi connectivity index (χ2v) is 8.18. The third kappa shape index (κ3) is 3.12. The molecule has 0 saturated carbocycles. The smallest absolute Gasteiger partial charge is 0.280 e. The van der Waals surface area contributed by atoms with E-state index in [4.69, 9.17) is 9.97 Å². The van der Waals surface area contributed by atoms with Crippen LogP contribution in [0.1, 0.15) is 18.5 Å². The van der Waals surface area contributed by atoms with Gasteiger partial charge in [0, 0.05) is 36.9 Å². The highest BCUT2D eigenvalue weighted by Crippen LogP contribution is 2.33. The van der Waals surface area contributed by atoms with Crippen LogP contribution >= 0.6 is 0 Å². The Labute approximate surface area is 181 Å². The first kappa shape index (κ1) is 19.2. The van der Waals surface area contributed by atoms with Crippen molar-refractivity contribution in [3.63, 3.8) is 0 Å². The van der Waals surface area contributed by atoms with Crippen LogP contribution < -0.4 is 10.2 Å². The van der Waals surface area contributed by atoms with Crippen molar-refractivity contribution in [3.8, 4) is 17.1 Å². The third-order valence-electron chi connectivity index (χ3n) is 6.19. The van der Waals surface area contributed by atoms with E-state index in [9.17, 15) is 13.2 Å². The number of imidazole rings is 1. The Kier molecular flexibility index (Phi) is 4.39. The van der Waals surface area contributed by atoms with E-state index in [2.05, 4.69) is 15.2 Å². The fourth-order valence-corrected chi connectivity index (χ4v) is 4.68. The fourth-order valence-electron chi connectivity index (χ4n) is 4.68. The quantitative estimate of drug-likeness (QED) is 0.522. The first-order valence-corrected chi connectivity index (χ1v) is 10.5. The molecule has 2 atom stereocenters. The van der Waals surface area contributed by atoms with Crippen LogP contribution in [0.15, 0.2) is 54.7 Å². The Morgan fingerprint density at radius 3 is 2.59 bits per heavy atom. The zero-order valence-corrected chi connectivity index (χ0v) is 16.9. The van der Waals surface area contributed by atoms with Gasteiger partial charge in [-0.2, -0.15) is 0 Å². The van der Waals surface area contributed by atoms with E-state index in [0.717, 1.165) is 25.3 Å². The molecule has 5 heterocycles. The summed E-state index contributed by atoms with van der Waals surface area (Å²) in [7, 11) is 0. The predicted molar refractivity (Wildman–Crippen MR) is 115 cm³/mol. The van der Waals surface area contributed by atoms with Crippen molar-refractivity contribution >= 4 is 17.0 Å². The SMILES string of the molecule is Fc1ccc(-c2nc3ccc(N4CC5CC4CN5)nc3n2-c2ccnc(C(F)F)c2)cc1. The number of anilines is 1. The maximum atomic E-state index is 13.5. The van der Waals surface area contributed by atoms with Crippen LogP contribution in [0.2, 0.25) is 0 Å². The Balaban J connectivity index is 1.55. The molecule has 6 nitrogen and oxygen atoms in total. The van der Waals surface area contributed by atoms with Gasteiger partial charge in [0.2, 0.25) is 0 Å². The summed E-state index contributed by atoms with van der Waals surface area (Å²) in [5.41, 5.74) is 2.00. The van der Waals surface area contributed by atoms with E-state index in [1.165, 1.54) is 24.4 Å². The highest BCUT2D eigenvalue weighted by atomic mass is 19.3. The summed E-state index contributed by atoms with van der Waals surface area (Å²) in [5.74, 6) is 0.973. The van der Waals surface area contributed by atoms with Gasteiger partial charge in [0.1, 0.15) is 28.7 Å². The summed E-state index contributed by atoms with van der Waals surface area (Å²) in [4.78, 5) is 15.7. The number of fused-ring (bicyclic) bond motifs is 3.